The molecule has 1 heterocycles. The van der Waals surface area contributed by atoms with E-state index in [1.807, 2.05) is 25.1 Å². The Morgan fingerprint density at radius 2 is 1.58 bits per heavy atom. The van der Waals surface area contributed by atoms with Crippen molar-refractivity contribution in [1.29, 1.82) is 0 Å². The minimum Gasteiger partial charge on any atom is -0.368 e. The summed E-state index contributed by atoms with van der Waals surface area (Å²) in [7, 11) is 4.11. The SMILES string of the molecule is Cc1ccc(N2CC(N(C)C)C2)cc1C(=O)NC1(c2ccc(F)c3c(F)ccc(F)c23)CC1. The molecule has 5 rings (SSSR count). The number of aryl methyl sites for hydroxylation is 1. The van der Waals surface area contributed by atoms with E-state index in [9.17, 15) is 18.0 Å². The molecule has 172 valence electrons. The van der Waals surface area contributed by atoms with Gasteiger partial charge in [-0.15, -0.1) is 0 Å². The number of benzene rings is 3. The lowest BCUT2D eigenvalue weighted by atomic mass is 9.95. The molecular formula is C26H26F3N3O. The molecule has 0 radical (unpaired) electrons. The summed E-state index contributed by atoms with van der Waals surface area (Å²) in [6.07, 6.45) is 1.15. The normalized spacial score (nSPS) is 17.4. The molecule has 0 aromatic heterocycles. The number of hydrogen-bond acceptors (Lipinski definition) is 3. The van der Waals surface area contributed by atoms with E-state index in [-0.39, 0.29) is 16.7 Å². The molecule has 0 bridgehead atoms. The standard InChI is InChI=1S/C26H26F3N3O/c1-15-4-5-16(32-13-17(14-32)31(2)3)12-18(15)25(33)30-26(10-11-26)19-6-7-21(28)24-22(29)9-8-20(27)23(19)24/h4-9,12,17H,10-11,13-14H2,1-3H3,(H,30,33). The second kappa shape index (κ2) is 7.76. The molecule has 1 aliphatic heterocycles. The minimum absolute atomic E-state index is 0.103. The average Bonchev–Trinajstić information content (AvgIpc) is 3.50. The largest absolute Gasteiger partial charge is 0.368 e. The van der Waals surface area contributed by atoms with Gasteiger partial charge >= 0.3 is 0 Å². The fourth-order valence-electron chi connectivity index (χ4n) is 4.69. The summed E-state index contributed by atoms with van der Waals surface area (Å²) in [6, 6.07) is 10.8. The predicted molar refractivity (Wildman–Crippen MR) is 123 cm³/mol. The number of likely N-dealkylation sites (N-methyl/N-ethyl adjacent to an activating group) is 1. The number of rotatable bonds is 5. The Balaban J connectivity index is 1.45. The summed E-state index contributed by atoms with van der Waals surface area (Å²) >= 11 is 0. The number of carbonyl (C=O) groups excluding carboxylic acids is 1. The Morgan fingerprint density at radius 1 is 0.970 bits per heavy atom. The molecule has 1 saturated heterocycles. The van der Waals surface area contributed by atoms with Crippen molar-refractivity contribution in [1.82, 2.24) is 10.2 Å². The van der Waals surface area contributed by atoms with Crippen molar-refractivity contribution >= 4 is 22.4 Å². The molecule has 0 atom stereocenters. The van der Waals surface area contributed by atoms with Gasteiger partial charge in [0.25, 0.3) is 5.91 Å². The lowest BCUT2D eigenvalue weighted by Gasteiger charge is -2.44. The van der Waals surface area contributed by atoms with Gasteiger partial charge in [-0.05, 0) is 75.3 Å². The fourth-order valence-corrected chi connectivity index (χ4v) is 4.69. The van der Waals surface area contributed by atoms with Crippen molar-refractivity contribution in [3.63, 3.8) is 0 Å². The van der Waals surface area contributed by atoms with Crippen molar-refractivity contribution in [3.05, 3.63) is 76.6 Å². The summed E-state index contributed by atoms with van der Waals surface area (Å²) in [4.78, 5) is 17.7. The zero-order valence-corrected chi connectivity index (χ0v) is 18.9. The van der Waals surface area contributed by atoms with Crippen LogP contribution in [-0.4, -0.2) is 44.0 Å². The van der Waals surface area contributed by atoms with Crippen LogP contribution in [0.5, 0.6) is 0 Å². The molecule has 0 spiro atoms. The van der Waals surface area contributed by atoms with E-state index in [0.717, 1.165) is 42.5 Å². The molecule has 3 aromatic carbocycles. The summed E-state index contributed by atoms with van der Waals surface area (Å²) in [5, 5.41) is 2.57. The van der Waals surface area contributed by atoms with E-state index in [1.165, 1.54) is 6.07 Å². The lowest BCUT2D eigenvalue weighted by molar-refractivity contribution is 0.0930. The van der Waals surface area contributed by atoms with Crippen LogP contribution in [0.25, 0.3) is 10.8 Å². The molecule has 33 heavy (non-hydrogen) atoms. The zero-order chi connectivity index (χ0) is 23.5. The topological polar surface area (TPSA) is 35.6 Å². The Kier molecular flexibility index (Phi) is 5.12. The number of anilines is 1. The second-order valence-corrected chi connectivity index (χ2v) is 9.43. The van der Waals surface area contributed by atoms with Gasteiger partial charge in [-0.2, -0.15) is 0 Å². The Morgan fingerprint density at radius 3 is 2.18 bits per heavy atom. The summed E-state index contributed by atoms with van der Waals surface area (Å²) in [6.45, 7) is 3.67. The van der Waals surface area contributed by atoms with E-state index < -0.39 is 23.0 Å². The van der Waals surface area contributed by atoms with E-state index >= 15 is 0 Å². The van der Waals surface area contributed by atoms with Gasteiger partial charge in [-0.25, -0.2) is 13.2 Å². The summed E-state index contributed by atoms with van der Waals surface area (Å²) < 4.78 is 43.4. The van der Waals surface area contributed by atoms with Gasteiger partial charge in [0.05, 0.1) is 10.9 Å². The van der Waals surface area contributed by atoms with E-state index in [1.54, 1.807) is 0 Å². The number of hydrogen-bond donors (Lipinski definition) is 1. The lowest BCUT2D eigenvalue weighted by Crippen LogP contribution is -2.57. The molecule has 0 unspecified atom stereocenters. The molecule has 7 heteroatoms. The fraction of sp³-hybridized carbons (Fsp3) is 0.346. The second-order valence-electron chi connectivity index (χ2n) is 9.43. The van der Waals surface area contributed by atoms with Crippen LogP contribution < -0.4 is 10.2 Å². The van der Waals surface area contributed by atoms with Crippen LogP contribution in [0.3, 0.4) is 0 Å². The van der Waals surface area contributed by atoms with Gasteiger partial charge in [0.2, 0.25) is 0 Å². The van der Waals surface area contributed by atoms with Gasteiger partial charge in [-0.3, -0.25) is 4.79 Å². The molecule has 1 saturated carbocycles. The highest BCUT2D eigenvalue weighted by Gasteiger charge is 2.47. The highest BCUT2D eigenvalue weighted by atomic mass is 19.1. The van der Waals surface area contributed by atoms with Crippen LogP contribution in [0.1, 0.15) is 34.3 Å². The van der Waals surface area contributed by atoms with Gasteiger partial charge in [0, 0.05) is 35.8 Å². The van der Waals surface area contributed by atoms with Gasteiger partial charge in [0.1, 0.15) is 17.5 Å². The maximum Gasteiger partial charge on any atom is 0.252 e. The number of carbonyl (C=O) groups is 1. The molecule has 1 amide bonds. The zero-order valence-electron chi connectivity index (χ0n) is 18.9. The highest BCUT2D eigenvalue weighted by molar-refractivity contribution is 5.98. The number of fused-ring (bicyclic) bond motifs is 1. The third-order valence-electron chi connectivity index (χ3n) is 7.05. The maximum absolute atomic E-state index is 14.7. The Bertz CT molecular complexity index is 1260. The van der Waals surface area contributed by atoms with Crippen LogP contribution in [0.4, 0.5) is 18.9 Å². The first-order valence-corrected chi connectivity index (χ1v) is 11.1. The van der Waals surface area contributed by atoms with E-state index in [2.05, 4.69) is 29.2 Å². The first-order chi connectivity index (χ1) is 15.7. The van der Waals surface area contributed by atoms with Crippen molar-refractivity contribution < 1.29 is 18.0 Å². The molecule has 2 aliphatic rings. The Labute approximate surface area is 191 Å². The van der Waals surface area contributed by atoms with Gasteiger partial charge in [-0.1, -0.05) is 12.1 Å². The van der Waals surface area contributed by atoms with Crippen LogP contribution in [0.2, 0.25) is 0 Å². The van der Waals surface area contributed by atoms with Crippen LogP contribution >= 0.6 is 0 Å². The number of nitrogens with one attached hydrogen (secondary N) is 1. The number of halogens is 3. The van der Waals surface area contributed by atoms with Gasteiger partial charge < -0.3 is 15.1 Å². The molecule has 4 nitrogen and oxygen atoms in total. The van der Waals surface area contributed by atoms with Crippen LogP contribution in [0.15, 0.2) is 42.5 Å². The number of nitrogens with zero attached hydrogens (tertiary/aromatic N) is 2. The molecule has 1 aliphatic carbocycles. The molecular weight excluding hydrogens is 427 g/mol. The molecule has 2 fully saturated rings. The quantitative estimate of drug-likeness (QED) is 0.607. The smallest absolute Gasteiger partial charge is 0.252 e. The third kappa shape index (κ3) is 3.64. The monoisotopic (exact) mass is 453 g/mol. The molecule has 3 aromatic rings. The predicted octanol–water partition coefficient (Wildman–Crippen LogP) is 4.73. The van der Waals surface area contributed by atoms with Crippen molar-refractivity contribution in [3.8, 4) is 0 Å². The first kappa shape index (κ1) is 21.8. The molecule has 1 N–H and O–H groups in total. The summed E-state index contributed by atoms with van der Waals surface area (Å²) in [5.41, 5.74) is 1.93. The van der Waals surface area contributed by atoms with E-state index in [0.29, 0.717) is 30.0 Å². The van der Waals surface area contributed by atoms with Crippen LogP contribution in [0, 0.1) is 24.4 Å². The Hall–Kier alpha value is -3.06. The van der Waals surface area contributed by atoms with Gasteiger partial charge in [0.15, 0.2) is 0 Å². The third-order valence-corrected chi connectivity index (χ3v) is 7.05. The summed E-state index contributed by atoms with van der Waals surface area (Å²) in [5.74, 6) is -2.61. The number of amides is 1. The average molecular weight is 454 g/mol. The van der Waals surface area contributed by atoms with Crippen molar-refractivity contribution in [2.45, 2.75) is 31.3 Å². The van der Waals surface area contributed by atoms with Crippen LogP contribution in [-0.2, 0) is 5.54 Å². The van der Waals surface area contributed by atoms with Crippen molar-refractivity contribution in [2.75, 3.05) is 32.1 Å². The first-order valence-electron chi connectivity index (χ1n) is 11.1. The minimum atomic E-state index is -0.840. The van der Waals surface area contributed by atoms with Crippen molar-refractivity contribution in [2.24, 2.45) is 0 Å². The van der Waals surface area contributed by atoms with E-state index in [4.69, 9.17) is 0 Å². The maximum atomic E-state index is 14.7. The highest BCUT2D eigenvalue weighted by Crippen LogP contribution is 2.49.